The lowest BCUT2D eigenvalue weighted by molar-refractivity contribution is 0.0601. The minimum absolute atomic E-state index is 0.299. The third-order valence-electron chi connectivity index (χ3n) is 3.00. The third kappa shape index (κ3) is 4.87. The minimum Gasteiger partial charge on any atom is -0.465 e. The molecular formula is C16H23NO2. The van der Waals surface area contributed by atoms with E-state index < -0.39 is 0 Å². The van der Waals surface area contributed by atoms with E-state index in [1.54, 1.807) is 12.1 Å². The molecule has 1 N–H and O–H groups in total. The number of hydrogen-bond acceptors (Lipinski definition) is 3. The molecule has 1 aromatic rings. The second kappa shape index (κ2) is 7.74. The Morgan fingerprint density at radius 2 is 1.95 bits per heavy atom. The van der Waals surface area contributed by atoms with E-state index in [1.165, 1.54) is 12.7 Å². The van der Waals surface area contributed by atoms with Crippen LogP contribution in [-0.2, 0) is 4.74 Å². The van der Waals surface area contributed by atoms with Gasteiger partial charge in [-0.2, -0.15) is 0 Å². The average Bonchev–Trinajstić information content (AvgIpc) is 2.43. The lowest BCUT2D eigenvalue weighted by atomic mass is 9.99. The number of ether oxygens (including phenoxy) is 1. The Bertz CT molecular complexity index is 433. The molecule has 0 heterocycles. The number of methoxy groups -OCH3 is 1. The number of carbonyl (C=O) groups excluding carboxylic acids is 1. The molecule has 3 heteroatoms. The van der Waals surface area contributed by atoms with Gasteiger partial charge < -0.3 is 10.1 Å². The fourth-order valence-corrected chi connectivity index (χ4v) is 1.74. The molecule has 0 radical (unpaired) electrons. The number of likely N-dealkylation sites (N-methyl/N-ethyl adjacent to an activating group) is 1. The van der Waals surface area contributed by atoms with E-state index in [0.29, 0.717) is 11.5 Å². The van der Waals surface area contributed by atoms with E-state index in [1.807, 2.05) is 12.1 Å². The Labute approximate surface area is 115 Å². The van der Waals surface area contributed by atoms with E-state index in [9.17, 15) is 4.79 Å². The van der Waals surface area contributed by atoms with Crippen molar-refractivity contribution in [3.05, 3.63) is 41.0 Å². The molecule has 0 aromatic heterocycles. The summed E-state index contributed by atoms with van der Waals surface area (Å²) >= 11 is 0. The summed E-state index contributed by atoms with van der Waals surface area (Å²) in [6, 6.07) is 7.48. The summed E-state index contributed by atoms with van der Waals surface area (Å²) in [7, 11) is 1.39. The topological polar surface area (TPSA) is 38.3 Å². The second-order valence-electron chi connectivity index (χ2n) is 4.77. The highest BCUT2D eigenvalue weighted by atomic mass is 16.5. The fourth-order valence-electron chi connectivity index (χ4n) is 1.74. The number of esters is 1. The van der Waals surface area contributed by atoms with Crippen molar-refractivity contribution in [3.63, 3.8) is 0 Å². The van der Waals surface area contributed by atoms with Crippen LogP contribution in [-0.4, -0.2) is 26.2 Å². The van der Waals surface area contributed by atoms with Crippen LogP contribution in [0.5, 0.6) is 0 Å². The molecule has 3 nitrogen and oxygen atoms in total. The van der Waals surface area contributed by atoms with Crippen molar-refractivity contribution in [2.24, 2.45) is 5.92 Å². The number of hydrogen-bond donors (Lipinski definition) is 1. The predicted molar refractivity (Wildman–Crippen MR) is 79.1 cm³/mol. The Hall–Kier alpha value is -1.61. The molecule has 0 fully saturated rings. The van der Waals surface area contributed by atoms with Crippen molar-refractivity contribution in [1.29, 1.82) is 0 Å². The van der Waals surface area contributed by atoms with Crippen LogP contribution >= 0.6 is 0 Å². The molecular weight excluding hydrogens is 238 g/mol. The van der Waals surface area contributed by atoms with E-state index in [0.717, 1.165) is 18.7 Å². The van der Waals surface area contributed by atoms with Gasteiger partial charge in [-0.25, -0.2) is 4.79 Å². The SMILES string of the molecule is CCNCC(=Cc1ccc(C(=O)OC)cc1)C(C)C. The van der Waals surface area contributed by atoms with Crippen LogP contribution in [0.15, 0.2) is 29.8 Å². The summed E-state index contributed by atoms with van der Waals surface area (Å²) < 4.78 is 4.68. The zero-order valence-electron chi connectivity index (χ0n) is 12.2. The van der Waals surface area contributed by atoms with E-state index in [-0.39, 0.29) is 5.97 Å². The summed E-state index contributed by atoms with van der Waals surface area (Å²) in [6.45, 7) is 8.33. The standard InChI is InChI=1S/C16H23NO2/c1-5-17-11-15(12(2)3)10-13-6-8-14(9-7-13)16(18)19-4/h6-10,12,17H,5,11H2,1-4H3. The molecule has 0 spiro atoms. The average molecular weight is 261 g/mol. The predicted octanol–water partition coefficient (Wildman–Crippen LogP) is 3.12. The Kier molecular flexibility index (Phi) is 6.30. The van der Waals surface area contributed by atoms with Gasteiger partial charge in [-0.05, 0) is 30.2 Å². The normalized spacial score (nSPS) is 11.7. The van der Waals surface area contributed by atoms with Gasteiger partial charge in [-0.3, -0.25) is 0 Å². The summed E-state index contributed by atoms with van der Waals surface area (Å²) in [6.07, 6.45) is 2.17. The quantitative estimate of drug-likeness (QED) is 0.800. The van der Waals surface area contributed by atoms with Gasteiger partial charge in [-0.1, -0.05) is 44.6 Å². The van der Waals surface area contributed by atoms with Crippen molar-refractivity contribution < 1.29 is 9.53 Å². The first-order valence-corrected chi connectivity index (χ1v) is 6.68. The maximum absolute atomic E-state index is 11.3. The Morgan fingerprint density at radius 3 is 2.42 bits per heavy atom. The highest BCUT2D eigenvalue weighted by Gasteiger charge is 2.05. The third-order valence-corrected chi connectivity index (χ3v) is 3.00. The Morgan fingerprint density at radius 1 is 1.32 bits per heavy atom. The molecule has 0 unspecified atom stereocenters. The summed E-state index contributed by atoms with van der Waals surface area (Å²) in [5.41, 5.74) is 3.04. The summed E-state index contributed by atoms with van der Waals surface area (Å²) in [5.74, 6) is 0.201. The van der Waals surface area contributed by atoms with Crippen LogP contribution in [0.4, 0.5) is 0 Å². The van der Waals surface area contributed by atoms with Crippen molar-refractivity contribution in [3.8, 4) is 0 Å². The van der Waals surface area contributed by atoms with Gasteiger partial charge in [0.15, 0.2) is 0 Å². The lowest BCUT2D eigenvalue weighted by Crippen LogP contribution is -2.18. The zero-order chi connectivity index (χ0) is 14.3. The summed E-state index contributed by atoms with van der Waals surface area (Å²) in [5, 5.41) is 3.35. The van der Waals surface area contributed by atoms with Crippen molar-refractivity contribution >= 4 is 12.0 Å². The second-order valence-corrected chi connectivity index (χ2v) is 4.77. The molecule has 0 aliphatic heterocycles. The first-order valence-electron chi connectivity index (χ1n) is 6.68. The molecule has 104 valence electrons. The largest absolute Gasteiger partial charge is 0.465 e. The van der Waals surface area contributed by atoms with Crippen LogP contribution < -0.4 is 5.32 Å². The van der Waals surface area contributed by atoms with Gasteiger partial charge in [-0.15, -0.1) is 0 Å². The van der Waals surface area contributed by atoms with Gasteiger partial charge in [0.1, 0.15) is 0 Å². The van der Waals surface area contributed by atoms with Crippen LogP contribution in [0.1, 0.15) is 36.7 Å². The molecule has 0 aliphatic carbocycles. The van der Waals surface area contributed by atoms with Crippen molar-refractivity contribution in [2.45, 2.75) is 20.8 Å². The van der Waals surface area contributed by atoms with Crippen LogP contribution in [0.2, 0.25) is 0 Å². The minimum atomic E-state index is -0.299. The maximum Gasteiger partial charge on any atom is 0.337 e. The van der Waals surface area contributed by atoms with Gasteiger partial charge in [0.25, 0.3) is 0 Å². The molecule has 1 aromatic carbocycles. The molecule has 0 amide bonds. The Balaban J connectivity index is 2.86. The van der Waals surface area contributed by atoms with Crippen LogP contribution in [0, 0.1) is 5.92 Å². The zero-order valence-corrected chi connectivity index (χ0v) is 12.2. The number of nitrogens with one attached hydrogen (secondary N) is 1. The first kappa shape index (κ1) is 15.4. The smallest absolute Gasteiger partial charge is 0.337 e. The molecule has 1 rings (SSSR count). The van der Waals surface area contributed by atoms with Gasteiger partial charge in [0.2, 0.25) is 0 Å². The molecule has 0 bridgehead atoms. The monoisotopic (exact) mass is 261 g/mol. The van der Waals surface area contributed by atoms with Crippen molar-refractivity contribution in [1.82, 2.24) is 5.32 Å². The molecule has 0 saturated carbocycles. The van der Waals surface area contributed by atoms with E-state index >= 15 is 0 Å². The van der Waals surface area contributed by atoms with E-state index in [2.05, 4.69) is 36.9 Å². The first-order chi connectivity index (χ1) is 9.08. The highest BCUT2D eigenvalue weighted by molar-refractivity contribution is 5.89. The molecule has 19 heavy (non-hydrogen) atoms. The van der Waals surface area contributed by atoms with Gasteiger partial charge >= 0.3 is 5.97 Å². The van der Waals surface area contributed by atoms with Crippen LogP contribution in [0.25, 0.3) is 6.08 Å². The van der Waals surface area contributed by atoms with E-state index in [4.69, 9.17) is 0 Å². The number of carbonyl (C=O) groups is 1. The number of benzene rings is 1. The summed E-state index contributed by atoms with van der Waals surface area (Å²) in [4.78, 5) is 11.3. The van der Waals surface area contributed by atoms with Gasteiger partial charge in [0, 0.05) is 6.54 Å². The molecule has 0 saturated heterocycles. The fraction of sp³-hybridized carbons (Fsp3) is 0.438. The molecule has 0 atom stereocenters. The van der Waals surface area contributed by atoms with Crippen LogP contribution in [0.3, 0.4) is 0 Å². The number of rotatable bonds is 6. The molecule has 0 aliphatic rings. The maximum atomic E-state index is 11.3. The van der Waals surface area contributed by atoms with Crippen molar-refractivity contribution in [2.75, 3.05) is 20.2 Å². The lowest BCUT2D eigenvalue weighted by Gasteiger charge is -2.12. The van der Waals surface area contributed by atoms with Gasteiger partial charge in [0.05, 0.1) is 12.7 Å². The highest BCUT2D eigenvalue weighted by Crippen LogP contribution is 2.15.